The van der Waals surface area contributed by atoms with Crippen LogP contribution in [0.1, 0.15) is 63.8 Å². The van der Waals surface area contributed by atoms with Gasteiger partial charge in [-0.2, -0.15) is 0 Å². The molecule has 2 aromatic carbocycles. The van der Waals surface area contributed by atoms with Gasteiger partial charge in [-0.3, -0.25) is 5.41 Å². The van der Waals surface area contributed by atoms with E-state index < -0.39 is 0 Å². The van der Waals surface area contributed by atoms with E-state index in [9.17, 15) is 10.5 Å². The third-order valence-corrected chi connectivity index (χ3v) is 8.37. The summed E-state index contributed by atoms with van der Waals surface area (Å²) in [7, 11) is 0. The lowest BCUT2D eigenvalue weighted by atomic mass is 9.89. The van der Waals surface area contributed by atoms with Crippen LogP contribution in [0.3, 0.4) is 0 Å². The highest BCUT2D eigenvalue weighted by Crippen LogP contribution is 2.41. The van der Waals surface area contributed by atoms with Gasteiger partial charge in [0.15, 0.2) is 0 Å². The quantitative estimate of drug-likeness (QED) is 0.333. The molecule has 0 spiro atoms. The molecular weight excluding hydrogens is 444 g/mol. The first kappa shape index (κ1) is 23.2. The summed E-state index contributed by atoms with van der Waals surface area (Å²) in [4.78, 5) is 5.08. The Labute approximate surface area is 213 Å². The Bertz CT molecular complexity index is 1380. The minimum absolute atomic E-state index is 0.211. The van der Waals surface area contributed by atoms with Crippen LogP contribution >= 0.6 is 0 Å². The second-order valence-electron chi connectivity index (χ2n) is 10.7. The topological polar surface area (TPSA) is 66.8 Å². The molecule has 2 aromatic heterocycles. The fraction of sp³-hybridized carbons (Fsp3) is 0.419. The third-order valence-electron chi connectivity index (χ3n) is 8.37. The number of aliphatic hydroxyl groups is 1. The maximum atomic E-state index is 10.1. The van der Waals surface area contributed by atoms with Gasteiger partial charge in [0.25, 0.3) is 0 Å². The first-order chi connectivity index (χ1) is 17.7. The zero-order valence-corrected chi connectivity index (χ0v) is 20.9. The van der Waals surface area contributed by atoms with Gasteiger partial charge in [-0.25, -0.2) is 4.98 Å². The number of benzene rings is 2. The summed E-state index contributed by atoms with van der Waals surface area (Å²) in [6, 6.07) is 21.4. The van der Waals surface area contributed by atoms with Crippen molar-refractivity contribution in [2.75, 3.05) is 0 Å². The standard InChI is InChI=1S/C31H36N4O/c32-30-28-27(23-12-6-2-7-13-23)29(24-14-8-3-9-15-24)34(20-22-10-4-1-5-11-22)31(28)33-21-35(30)25-16-18-26(36)19-17-25/h2-3,6-9,12-15,21-22,25-26,32,36H,1,4-5,10-11,16-20H2/t25-,26+. The molecule has 0 aliphatic heterocycles. The van der Waals surface area contributed by atoms with Crippen LogP contribution in [-0.4, -0.2) is 25.3 Å². The Balaban J connectivity index is 1.61. The number of nitrogens with zero attached hydrogens (tertiary/aromatic N) is 3. The van der Waals surface area contributed by atoms with Crippen molar-refractivity contribution in [3.63, 3.8) is 0 Å². The lowest BCUT2D eigenvalue weighted by Crippen LogP contribution is -2.29. The van der Waals surface area contributed by atoms with Crippen LogP contribution in [0.25, 0.3) is 33.4 Å². The van der Waals surface area contributed by atoms with Crippen LogP contribution in [0.4, 0.5) is 0 Å². The number of nitrogens with one attached hydrogen (secondary N) is 1. The first-order valence-electron chi connectivity index (χ1n) is 13.7. The number of aromatic nitrogens is 3. The minimum Gasteiger partial charge on any atom is -0.393 e. The van der Waals surface area contributed by atoms with E-state index in [-0.39, 0.29) is 12.1 Å². The highest BCUT2D eigenvalue weighted by atomic mass is 16.3. The van der Waals surface area contributed by atoms with Gasteiger partial charge in [0.2, 0.25) is 0 Å². The lowest BCUT2D eigenvalue weighted by molar-refractivity contribution is 0.109. The average molecular weight is 481 g/mol. The van der Waals surface area contributed by atoms with Gasteiger partial charge in [-0.05, 0) is 55.6 Å². The zero-order valence-electron chi connectivity index (χ0n) is 20.9. The van der Waals surface area contributed by atoms with Gasteiger partial charge in [0.05, 0.1) is 23.5 Å². The predicted molar refractivity (Wildman–Crippen MR) is 145 cm³/mol. The van der Waals surface area contributed by atoms with E-state index >= 15 is 0 Å². The Morgan fingerprint density at radius 3 is 2.11 bits per heavy atom. The molecule has 0 radical (unpaired) electrons. The highest BCUT2D eigenvalue weighted by Gasteiger charge is 2.27. The number of fused-ring (bicyclic) bond motifs is 1. The first-order valence-corrected chi connectivity index (χ1v) is 13.7. The molecule has 0 atom stereocenters. The van der Waals surface area contributed by atoms with Crippen LogP contribution in [0.15, 0.2) is 67.0 Å². The lowest BCUT2D eigenvalue weighted by Gasteiger charge is -2.27. The van der Waals surface area contributed by atoms with Crippen molar-refractivity contribution >= 4 is 11.0 Å². The van der Waals surface area contributed by atoms with E-state index in [2.05, 4.69) is 69.8 Å². The molecular formula is C31H36N4O. The SMILES string of the molecule is N=c1c2c(-c3ccccc3)c(-c3ccccc3)n(CC3CCCCC3)c2ncn1[C@H]1CC[C@@H](O)CC1. The van der Waals surface area contributed by atoms with Crippen LogP contribution in [-0.2, 0) is 6.54 Å². The van der Waals surface area contributed by atoms with Crippen LogP contribution in [0.2, 0.25) is 0 Å². The molecule has 2 fully saturated rings. The van der Waals surface area contributed by atoms with Gasteiger partial charge in [-0.1, -0.05) is 79.9 Å². The number of aliphatic hydroxyl groups excluding tert-OH is 1. The maximum absolute atomic E-state index is 10.1. The van der Waals surface area contributed by atoms with Crippen LogP contribution in [0, 0.1) is 11.3 Å². The van der Waals surface area contributed by atoms with E-state index in [4.69, 9.17) is 4.98 Å². The summed E-state index contributed by atoms with van der Waals surface area (Å²) in [5.74, 6) is 0.642. The van der Waals surface area contributed by atoms with E-state index in [0.29, 0.717) is 11.4 Å². The molecule has 0 unspecified atom stereocenters. The van der Waals surface area contributed by atoms with Gasteiger partial charge in [-0.15, -0.1) is 0 Å². The maximum Gasteiger partial charge on any atom is 0.146 e. The molecule has 36 heavy (non-hydrogen) atoms. The molecule has 5 nitrogen and oxygen atoms in total. The zero-order chi connectivity index (χ0) is 24.5. The molecule has 2 N–H and O–H groups in total. The van der Waals surface area contributed by atoms with Crippen LogP contribution in [0.5, 0.6) is 0 Å². The van der Waals surface area contributed by atoms with Crippen molar-refractivity contribution in [2.24, 2.45) is 5.92 Å². The summed E-state index contributed by atoms with van der Waals surface area (Å²) in [5, 5.41) is 20.5. The van der Waals surface area contributed by atoms with Crippen LogP contribution < -0.4 is 5.49 Å². The summed E-state index contributed by atoms with van der Waals surface area (Å²) in [6.07, 6.45) is 11.5. The molecule has 2 heterocycles. The summed E-state index contributed by atoms with van der Waals surface area (Å²) >= 11 is 0. The molecule has 0 saturated heterocycles. The summed E-state index contributed by atoms with van der Waals surface area (Å²) in [5.41, 5.74) is 6.08. The number of hydrogen-bond acceptors (Lipinski definition) is 3. The average Bonchev–Trinajstić information content (AvgIpc) is 3.26. The molecule has 4 aromatic rings. The minimum atomic E-state index is -0.214. The van der Waals surface area contributed by atoms with Gasteiger partial charge >= 0.3 is 0 Å². The van der Waals surface area contributed by atoms with Gasteiger partial charge < -0.3 is 14.2 Å². The van der Waals surface area contributed by atoms with Crippen molar-refractivity contribution in [1.29, 1.82) is 5.41 Å². The molecule has 2 aliphatic carbocycles. The summed E-state index contributed by atoms with van der Waals surface area (Å²) < 4.78 is 4.50. The highest BCUT2D eigenvalue weighted by molar-refractivity contribution is 6.02. The second kappa shape index (κ2) is 10.1. The van der Waals surface area contributed by atoms with E-state index in [1.165, 1.54) is 43.4 Å². The smallest absolute Gasteiger partial charge is 0.146 e. The summed E-state index contributed by atoms with van der Waals surface area (Å²) in [6.45, 7) is 0.944. The molecule has 5 heteroatoms. The largest absolute Gasteiger partial charge is 0.393 e. The van der Waals surface area contributed by atoms with Crippen molar-refractivity contribution in [3.05, 3.63) is 72.5 Å². The van der Waals surface area contributed by atoms with E-state index in [1.54, 1.807) is 0 Å². The Kier molecular flexibility index (Phi) is 6.49. The molecule has 2 saturated carbocycles. The van der Waals surface area contributed by atoms with E-state index in [1.807, 2.05) is 6.33 Å². The number of rotatable bonds is 5. The monoisotopic (exact) mass is 480 g/mol. The van der Waals surface area contributed by atoms with Gasteiger partial charge in [0.1, 0.15) is 11.1 Å². The fourth-order valence-corrected chi connectivity index (χ4v) is 6.47. The van der Waals surface area contributed by atoms with Crippen molar-refractivity contribution in [2.45, 2.75) is 76.5 Å². The van der Waals surface area contributed by atoms with Crippen molar-refractivity contribution in [1.82, 2.24) is 14.1 Å². The third kappa shape index (κ3) is 4.30. The molecule has 6 rings (SSSR count). The predicted octanol–water partition coefficient (Wildman–Crippen LogP) is 6.71. The molecule has 0 bridgehead atoms. The molecule has 186 valence electrons. The Morgan fingerprint density at radius 1 is 0.806 bits per heavy atom. The Morgan fingerprint density at radius 2 is 1.44 bits per heavy atom. The number of hydrogen-bond donors (Lipinski definition) is 2. The van der Waals surface area contributed by atoms with Crippen molar-refractivity contribution < 1.29 is 5.11 Å². The normalized spacial score (nSPS) is 21.1. The second-order valence-corrected chi connectivity index (χ2v) is 10.7. The van der Waals surface area contributed by atoms with E-state index in [0.717, 1.165) is 54.4 Å². The Hall–Kier alpha value is -3.18. The molecule has 2 aliphatic rings. The van der Waals surface area contributed by atoms with Gasteiger partial charge in [0, 0.05) is 18.2 Å². The fourth-order valence-electron chi connectivity index (χ4n) is 6.47. The van der Waals surface area contributed by atoms with Crippen molar-refractivity contribution in [3.8, 4) is 22.4 Å². The molecule has 0 amide bonds.